The Hall–Kier alpha value is -1.60. The van der Waals surface area contributed by atoms with Crippen molar-refractivity contribution in [2.45, 2.75) is 6.92 Å². The number of aromatic nitrogens is 1. The average Bonchev–Trinajstić information content (AvgIpc) is 2.29. The zero-order valence-electron chi connectivity index (χ0n) is 8.87. The van der Waals surface area contributed by atoms with E-state index in [9.17, 15) is 0 Å². The van der Waals surface area contributed by atoms with E-state index >= 15 is 0 Å². The second kappa shape index (κ2) is 3.46. The lowest BCUT2D eigenvalue weighted by Gasteiger charge is -2.07. The maximum absolute atomic E-state index is 6.25. The number of hydrogen-bond acceptors (Lipinski definition) is 1. The van der Waals surface area contributed by atoms with Gasteiger partial charge in [0, 0.05) is 16.5 Å². The smallest absolute Gasteiger partial charge is 0.0726 e. The molecule has 0 unspecified atom stereocenters. The van der Waals surface area contributed by atoms with Crippen LogP contribution in [0.15, 0.2) is 42.5 Å². The van der Waals surface area contributed by atoms with Crippen LogP contribution >= 0.6 is 11.6 Å². The first-order valence-electron chi connectivity index (χ1n) is 5.21. The van der Waals surface area contributed by atoms with Crippen LogP contribution < -0.4 is 0 Å². The monoisotopic (exact) mass is 227 g/mol. The first-order chi connectivity index (χ1) is 7.77. The molecule has 0 fully saturated rings. The van der Waals surface area contributed by atoms with Gasteiger partial charge in [-0.15, -0.1) is 0 Å². The van der Waals surface area contributed by atoms with Gasteiger partial charge in [0.05, 0.1) is 10.5 Å². The molecule has 1 heterocycles. The van der Waals surface area contributed by atoms with Crippen LogP contribution in [-0.4, -0.2) is 4.98 Å². The molecule has 2 aromatic carbocycles. The molecule has 0 saturated heterocycles. The molecule has 0 amide bonds. The Morgan fingerprint density at radius 3 is 2.50 bits per heavy atom. The standard InChI is InChI=1S/C14H10ClN/c1-9-10-5-2-3-6-11(10)14-12(15)7-4-8-13(14)16-9/h2-8H,1H3. The van der Waals surface area contributed by atoms with Crippen molar-refractivity contribution >= 4 is 33.3 Å². The van der Waals surface area contributed by atoms with Gasteiger partial charge in [-0.25, -0.2) is 0 Å². The first kappa shape index (κ1) is 9.61. The summed E-state index contributed by atoms with van der Waals surface area (Å²) in [6.45, 7) is 2.03. The Morgan fingerprint density at radius 1 is 0.938 bits per heavy atom. The summed E-state index contributed by atoms with van der Waals surface area (Å²) in [6.07, 6.45) is 0. The van der Waals surface area contributed by atoms with Crippen LogP contribution in [0, 0.1) is 6.92 Å². The molecule has 0 aliphatic heterocycles. The van der Waals surface area contributed by atoms with Gasteiger partial charge in [0.15, 0.2) is 0 Å². The molecular weight excluding hydrogens is 218 g/mol. The summed E-state index contributed by atoms with van der Waals surface area (Å²) in [4.78, 5) is 4.58. The average molecular weight is 228 g/mol. The fourth-order valence-electron chi connectivity index (χ4n) is 2.13. The number of benzene rings is 2. The molecule has 0 N–H and O–H groups in total. The van der Waals surface area contributed by atoms with Crippen molar-refractivity contribution in [1.29, 1.82) is 0 Å². The van der Waals surface area contributed by atoms with Crippen LogP contribution in [0.4, 0.5) is 0 Å². The van der Waals surface area contributed by atoms with Gasteiger partial charge in [-0.2, -0.15) is 0 Å². The zero-order chi connectivity index (χ0) is 11.1. The third kappa shape index (κ3) is 1.29. The van der Waals surface area contributed by atoms with E-state index in [0.29, 0.717) is 0 Å². The molecule has 0 atom stereocenters. The molecule has 0 spiro atoms. The third-order valence-electron chi connectivity index (χ3n) is 2.87. The summed E-state index contributed by atoms with van der Waals surface area (Å²) < 4.78 is 0. The van der Waals surface area contributed by atoms with Gasteiger partial charge in [-0.3, -0.25) is 4.98 Å². The lowest BCUT2D eigenvalue weighted by molar-refractivity contribution is 1.29. The SMILES string of the molecule is Cc1nc2cccc(Cl)c2c2ccccc12. The molecule has 1 nitrogen and oxygen atoms in total. The molecule has 2 heteroatoms. The van der Waals surface area contributed by atoms with Crippen LogP contribution in [0.25, 0.3) is 21.7 Å². The molecule has 3 aromatic rings. The van der Waals surface area contributed by atoms with Gasteiger partial charge in [-0.05, 0) is 24.4 Å². The minimum atomic E-state index is 0.765. The second-order valence-electron chi connectivity index (χ2n) is 3.88. The van der Waals surface area contributed by atoms with Crippen LogP contribution in [0.3, 0.4) is 0 Å². The highest BCUT2D eigenvalue weighted by Gasteiger charge is 2.07. The third-order valence-corrected chi connectivity index (χ3v) is 3.18. The second-order valence-corrected chi connectivity index (χ2v) is 4.28. The molecule has 16 heavy (non-hydrogen) atoms. The van der Waals surface area contributed by atoms with Gasteiger partial charge >= 0.3 is 0 Å². The Morgan fingerprint density at radius 2 is 1.69 bits per heavy atom. The lowest BCUT2D eigenvalue weighted by atomic mass is 10.0. The van der Waals surface area contributed by atoms with Crippen molar-refractivity contribution in [3.8, 4) is 0 Å². The number of pyridine rings is 1. The van der Waals surface area contributed by atoms with Crippen LogP contribution in [0.5, 0.6) is 0 Å². The Balaban J connectivity index is 2.67. The highest BCUT2D eigenvalue weighted by molar-refractivity contribution is 6.37. The van der Waals surface area contributed by atoms with E-state index in [0.717, 1.165) is 21.6 Å². The van der Waals surface area contributed by atoms with E-state index in [1.54, 1.807) is 0 Å². The van der Waals surface area contributed by atoms with Crippen molar-refractivity contribution < 1.29 is 0 Å². The molecule has 0 aliphatic carbocycles. The van der Waals surface area contributed by atoms with Crippen molar-refractivity contribution in [3.05, 3.63) is 53.2 Å². The van der Waals surface area contributed by atoms with Crippen LogP contribution in [-0.2, 0) is 0 Å². The predicted molar refractivity (Wildman–Crippen MR) is 69.0 cm³/mol. The molecule has 0 bridgehead atoms. The summed E-state index contributed by atoms with van der Waals surface area (Å²) in [7, 11) is 0. The highest BCUT2D eigenvalue weighted by Crippen LogP contribution is 2.30. The molecule has 0 aliphatic rings. The molecular formula is C14H10ClN. The minimum absolute atomic E-state index is 0.765. The van der Waals surface area contributed by atoms with E-state index in [1.165, 1.54) is 10.8 Å². The van der Waals surface area contributed by atoms with Crippen LogP contribution in [0.1, 0.15) is 5.69 Å². The van der Waals surface area contributed by atoms with E-state index in [2.05, 4.69) is 17.1 Å². The zero-order valence-corrected chi connectivity index (χ0v) is 9.62. The molecule has 0 radical (unpaired) electrons. The summed E-state index contributed by atoms with van der Waals surface area (Å²) in [5.74, 6) is 0. The van der Waals surface area contributed by atoms with Crippen molar-refractivity contribution in [1.82, 2.24) is 4.98 Å². The van der Waals surface area contributed by atoms with Gasteiger partial charge < -0.3 is 0 Å². The van der Waals surface area contributed by atoms with E-state index in [1.807, 2.05) is 37.3 Å². The molecule has 78 valence electrons. The van der Waals surface area contributed by atoms with E-state index in [4.69, 9.17) is 11.6 Å². The fourth-order valence-corrected chi connectivity index (χ4v) is 2.40. The molecule has 3 rings (SSSR count). The maximum Gasteiger partial charge on any atom is 0.0726 e. The number of halogens is 1. The fraction of sp³-hybridized carbons (Fsp3) is 0.0714. The normalized spacial score (nSPS) is 11.1. The van der Waals surface area contributed by atoms with E-state index in [-0.39, 0.29) is 0 Å². The maximum atomic E-state index is 6.25. The summed E-state index contributed by atoms with van der Waals surface area (Å²) >= 11 is 6.25. The number of nitrogens with zero attached hydrogens (tertiary/aromatic N) is 1. The lowest BCUT2D eigenvalue weighted by Crippen LogP contribution is -1.87. The number of fused-ring (bicyclic) bond motifs is 3. The Kier molecular flexibility index (Phi) is 2.08. The summed E-state index contributed by atoms with van der Waals surface area (Å²) in [5.41, 5.74) is 2.01. The topological polar surface area (TPSA) is 12.9 Å². The Bertz CT molecular complexity index is 689. The van der Waals surface area contributed by atoms with Crippen molar-refractivity contribution in [3.63, 3.8) is 0 Å². The quantitative estimate of drug-likeness (QED) is 0.521. The molecule has 1 aromatic heterocycles. The predicted octanol–water partition coefficient (Wildman–Crippen LogP) is 4.35. The summed E-state index contributed by atoms with van der Waals surface area (Å²) in [5, 5.41) is 4.16. The van der Waals surface area contributed by atoms with Crippen molar-refractivity contribution in [2.75, 3.05) is 0 Å². The van der Waals surface area contributed by atoms with Gasteiger partial charge in [-0.1, -0.05) is 41.9 Å². The first-order valence-corrected chi connectivity index (χ1v) is 5.59. The summed E-state index contributed by atoms with van der Waals surface area (Å²) in [6, 6.07) is 14.1. The van der Waals surface area contributed by atoms with E-state index < -0.39 is 0 Å². The van der Waals surface area contributed by atoms with Crippen LogP contribution in [0.2, 0.25) is 5.02 Å². The Labute approximate surface area is 98.7 Å². The van der Waals surface area contributed by atoms with Gasteiger partial charge in [0.2, 0.25) is 0 Å². The number of aryl methyl sites for hydroxylation is 1. The minimum Gasteiger partial charge on any atom is -0.252 e. The van der Waals surface area contributed by atoms with Crippen molar-refractivity contribution in [2.24, 2.45) is 0 Å². The number of hydrogen-bond donors (Lipinski definition) is 0. The highest BCUT2D eigenvalue weighted by atomic mass is 35.5. The molecule has 0 saturated carbocycles. The number of rotatable bonds is 0. The largest absolute Gasteiger partial charge is 0.252 e. The van der Waals surface area contributed by atoms with Gasteiger partial charge in [0.1, 0.15) is 0 Å². The van der Waals surface area contributed by atoms with Gasteiger partial charge in [0.25, 0.3) is 0 Å².